The van der Waals surface area contributed by atoms with Crippen LogP contribution in [0.3, 0.4) is 0 Å². The van der Waals surface area contributed by atoms with Gasteiger partial charge in [-0.1, -0.05) is 36.4 Å². The lowest BCUT2D eigenvalue weighted by molar-refractivity contribution is 0.354. The van der Waals surface area contributed by atoms with Crippen molar-refractivity contribution in [1.29, 1.82) is 0 Å². The van der Waals surface area contributed by atoms with Gasteiger partial charge in [0.15, 0.2) is 11.5 Å². The zero-order chi connectivity index (χ0) is 19.8. The van der Waals surface area contributed by atoms with Gasteiger partial charge in [0, 0.05) is 24.8 Å². The molecule has 0 atom stereocenters. The van der Waals surface area contributed by atoms with Crippen LogP contribution < -0.4 is 20.1 Å². The number of hydrogen-bond acceptors (Lipinski definition) is 6. The maximum atomic E-state index is 5.36. The Hall–Kier alpha value is -3.28. The first-order chi connectivity index (χ1) is 13.7. The van der Waals surface area contributed by atoms with Gasteiger partial charge in [0.25, 0.3) is 0 Å². The normalized spacial score (nSPS) is 10.4. The second-order valence-corrected chi connectivity index (χ2v) is 6.42. The second kappa shape index (κ2) is 9.60. The first-order valence-electron chi connectivity index (χ1n) is 9.26. The summed E-state index contributed by atoms with van der Waals surface area (Å²) in [6, 6.07) is 18.1. The highest BCUT2D eigenvalue weighted by atomic mass is 16.5. The van der Waals surface area contributed by atoms with Gasteiger partial charge in [0.2, 0.25) is 5.95 Å². The van der Waals surface area contributed by atoms with E-state index in [-0.39, 0.29) is 0 Å². The zero-order valence-electron chi connectivity index (χ0n) is 16.5. The van der Waals surface area contributed by atoms with Gasteiger partial charge in [-0.2, -0.15) is 4.98 Å². The average Bonchev–Trinajstić information content (AvgIpc) is 2.72. The molecule has 0 spiro atoms. The average molecular weight is 378 g/mol. The highest BCUT2D eigenvalue weighted by Gasteiger charge is 2.06. The summed E-state index contributed by atoms with van der Waals surface area (Å²) < 4.78 is 10.6. The van der Waals surface area contributed by atoms with E-state index in [2.05, 4.69) is 32.7 Å². The number of anilines is 2. The lowest BCUT2D eigenvalue weighted by Crippen LogP contribution is -2.10. The molecule has 0 aliphatic heterocycles. The number of benzene rings is 2. The summed E-state index contributed by atoms with van der Waals surface area (Å²) in [4.78, 5) is 9.03. The molecule has 146 valence electrons. The Bertz CT molecular complexity index is 900. The van der Waals surface area contributed by atoms with E-state index < -0.39 is 0 Å². The van der Waals surface area contributed by atoms with Crippen molar-refractivity contribution in [1.82, 2.24) is 9.97 Å². The van der Waals surface area contributed by atoms with Crippen molar-refractivity contribution in [3.05, 3.63) is 71.4 Å². The number of methoxy groups -OCH3 is 2. The number of rotatable bonds is 9. The fraction of sp³-hybridized carbons (Fsp3) is 0.273. The smallest absolute Gasteiger partial charge is 0.225 e. The molecule has 0 amide bonds. The fourth-order valence-electron chi connectivity index (χ4n) is 2.89. The van der Waals surface area contributed by atoms with Gasteiger partial charge in [-0.25, -0.2) is 4.98 Å². The van der Waals surface area contributed by atoms with Gasteiger partial charge >= 0.3 is 0 Å². The number of aryl methyl sites for hydroxylation is 1. The molecule has 1 aromatic heterocycles. The minimum Gasteiger partial charge on any atom is -0.493 e. The van der Waals surface area contributed by atoms with Gasteiger partial charge in [0.05, 0.1) is 14.2 Å². The summed E-state index contributed by atoms with van der Waals surface area (Å²) in [5.41, 5.74) is 3.27. The maximum absolute atomic E-state index is 5.36. The fourth-order valence-corrected chi connectivity index (χ4v) is 2.89. The minimum atomic E-state index is 0.623. The molecule has 1 heterocycles. The molecule has 0 saturated carbocycles. The molecule has 0 fully saturated rings. The first kappa shape index (κ1) is 19.5. The number of aromatic nitrogens is 2. The largest absolute Gasteiger partial charge is 0.493 e. The van der Waals surface area contributed by atoms with Crippen molar-refractivity contribution in [3.63, 3.8) is 0 Å². The molecule has 2 N–H and O–H groups in total. The predicted octanol–water partition coefficient (Wildman–Crippen LogP) is 4.07. The molecule has 6 nitrogen and oxygen atoms in total. The van der Waals surface area contributed by atoms with E-state index in [0.717, 1.165) is 36.0 Å². The van der Waals surface area contributed by atoms with E-state index in [1.165, 1.54) is 11.1 Å². The monoisotopic (exact) mass is 378 g/mol. The summed E-state index contributed by atoms with van der Waals surface area (Å²) in [6.45, 7) is 3.41. The van der Waals surface area contributed by atoms with Gasteiger partial charge in [0.1, 0.15) is 5.82 Å². The number of ether oxygens (including phenoxy) is 2. The molecule has 0 radical (unpaired) electrons. The molecule has 0 saturated heterocycles. The van der Waals surface area contributed by atoms with E-state index in [9.17, 15) is 0 Å². The lowest BCUT2D eigenvalue weighted by Gasteiger charge is -2.11. The van der Waals surface area contributed by atoms with Gasteiger partial charge in [-0.3, -0.25) is 0 Å². The highest BCUT2D eigenvalue weighted by Crippen LogP contribution is 2.27. The van der Waals surface area contributed by atoms with Crippen LogP contribution in [0.4, 0.5) is 11.8 Å². The molecule has 2 aromatic carbocycles. The quantitative estimate of drug-likeness (QED) is 0.585. The van der Waals surface area contributed by atoms with E-state index in [1.54, 1.807) is 14.2 Å². The second-order valence-electron chi connectivity index (χ2n) is 6.42. The summed E-state index contributed by atoms with van der Waals surface area (Å²) in [5.74, 6) is 2.91. The molecular formula is C22H26N4O2. The molecular weight excluding hydrogens is 352 g/mol. The van der Waals surface area contributed by atoms with Gasteiger partial charge in [-0.15, -0.1) is 0 Å². The summed E-state index contributed by atoms with van der Waals surface area (Å²) in [5, 5.41) is 6.66. The number of nitrogens with zero attached hydrogens (tertiary/aromatic N) is 2. The Morgan fingerprint density at radius 3 is 2.36 bits per heavy atom. The molecule has 0 aliphatic rings. The van der Waals surface area contributed by atoms with Gasteiger partial charge < -0.3 is 20.1 Å². The van der Waals surface area contributed by atoms with Crippen LogP contribution in [-0.2, 0) is 13.0 Å². The molecule has 0 aliphatic carbocycles. The van der Waals surface area contributed by atoms with Gasteiger partial charge in [-0.05, 0) is 36.6 Å². The molecule has 3 rings (SSSR count). The zero-order valence-corrected chi connectivity index (χ0v) is 16.5. The van der Waals surface area contributed by atoms with Crippen LogP contribution in [0.2, 0.25) is 0 Å². The Morgan fingerprint density at radius 1 is 0.821 bits per heavy atom. The summed E-state index contributed by atoms with van der Waals surface area (Å²) >= 11 is 0. The number of hydrogen-bond donors (Lipinski definition) is 2. The summed E-state index contributed by atoms with van der Waals surface area (Å²) in [7, 11) is 3.29. The number of nitrogens with one attached hydrogen (secondary N) is 2. The first-order valence-corrected chi connectivity index (χ1v) is 9.26. The predicted molar refractivity (Wildman–Crippen MR) is 112 cm³/mol. The SMILES string of the molecule is COc1ccc(CCNc2cc(C)nc(NCc3ccccc3)n2)cc1OC. The Balaban J connectivity index is 1.58. The molecule has 6 heteroatoms. The van der Waals surface area contributed by atoms with E-state index in [0.29, 0.717) is 12.5 Å². The van der Waals surface area contributed by atoms with Crippen molar-refractivity contribution in [2.24, 2.45) is 0 Å². The van der Waals surface area contributed by atoms with Crippen LogP contribution in [0.25, 0.3) is 0 Å². The molecule has 3 aromatic rings. The van der Waals surface area contributed by atoms with Crippen molar-refractivity contribution in [3.8, 4) is 11.5 Å². The third kappa shape index (κ3) is 5.36. The van der Waals surface area contributed by atoms with E-state index in [4.69, 9.17) is 9.47 Å². The standard InChI is InChI=1S/C22H26N4O2/c1-16-13-21(26-22(25-16)24-15-18-7-5-4-6-8-18)23-12-11-17-9-10-19(27-2)20(14-17)28-3/h4-10,13-14H,11-12,15H2,1-3H3,(H2,23,24,25,26). The van der Waals surface area contributed by atoms with Crippen LogP contribution in [0, 0.1) is 6.92 Å². The van der Waals surface area contributed by atoms with Crippen molar-refractivity contribution in [2.45, 2.75) is 19.9 Å². The highest BCUT2D eigenvalue weighted by molar-refractivity contribution is 5.44. The van der Waals surface area contributed by atoms with Crippen LogP contribution in [0.1, 0.15) is 16.8 Å². The lowest BCUT2D eigenvalue weighted by atomic mass is 10.1. The van der Waals surface area contributed by atoms with Crippen LogP contribution >= 0.6 is 0 Å². The minimum absolute atomic E-state index is 0.623. The molecule has 28 heavy (non-hydrogen) atoms. The Labute approximate surface area is 166 Å². The Morgan fingerprint density at radius 2 is 1.61 bits per heavy atom. The van der Waals surface area contributed by atoms with Crippen LogP contribution in [-0.4, -0.2) is 30.7 Å². The topological polar surface area (TPSA) is 68.3 Å². The van der Waals surface area contributed by atoms with Crippen LogP contribution in [0.5, 0.6) is 11.5 Å². The molecule has 0 bridgehead atoms. The summed E-state index contributed by atoms with van der Waals surface area (Å²) in [6.07, 6.45) is 0.843. The van der Waals surface area contributed by atoms with Crippen molar-refractivity contribution in [2.75, 3.05) is 31.4 Å². The maximum Gasteiger partial charge on any atom is 0.225 e. The van der Waals surface area contributed by atoms with Crippen molar-refractivity contribution < 1.29 is 9.47 Å². The van der Waals surface area contributed by atoms with Crippen molar-refractivity contribution >= 4 is 11.8 Å². The Kier molecular flexibility index (Phi) is 6.68. The van der Waals surface area contributed by atoms with E-state index >= 15 is 0 Å². The molecule has 0 unspecified atom stereocenters. The third-order valence-corrected chi connectivity index (χ3v) is 4.32. The van der Waals surface area contributed by atoms with Crippen LogP contribution in [0.15, 0.2) is 54.6 Å². The third-order valence-electron chi connectivity index (χ3n) is 4.32. The van der Waals surface area contributed by atoms with E-state index in [1.807, 2.05) is 49.4 Å².